The fraction of sp³-hybridized carbons (Fsp3) is 0.160. The number of carbonyl (C=O) groups is 1. The number of thiophene rings is 1. The lowest BCUT2D eigenvalue weighted by Gasteiger charge is -2.14. The van der Waals surface area contributed by atoms with Crippen molar-refractivity contribution in [2.24, 2.45) is 0 Å². The third-order valence-electron chi connectivity index (χ3n) is 5.64. The molecule has 0 spiro atoms. The average molecular weight is 416 g/mol. The number of fused-ring (bicyclic) bond motifs is 4. The number of nitrogens with one attached hydrogen (secondary N) is 1. The highest BCUT2D eigenvalue weighted by atomic mass is 32.1. The molecule has 0 aliphatic heterocycles. The number of rotatable bonds is 5. The third-order valence-corrected chi connectivity index (χ3v) is 6.66. The second-order valence-corrected chi connectivity index (χ2v) is 8.35. The third kappa shape index (κ3) is 3.42. The molecule has 0 unspecified atom stereocenters. The summed E-state index contributed by atoms with van der Waals surface area (Å²) in [6.07, 6.45) is 0.285. The van der Waals surface area contributed by atoms with Crippen molar-refractivity contribution in [3.8, 4) is 16.9 Å². The minimum atomic E-state index is -0.403. The van der Waals surface area contributed by atoms with Crippen molar-refractivity contribution in [3.05, 3.63) is 88.8 Å². The number of hydrogen-bond acceptors (Lipinski definition) is 4. The van der Waals surface area contributed by atoms with Crippen molar-refractivity contribution < 1.29 is 14.6 Å². The van der Waals surface area contributed by atoms with Gasteiger partial charge in [-0.3, -0.25) is 0 Å². The second kappa shape index (κ2) is 7.84. The molecule has 0 radical (unpaired) electrons. The Morgan fingerprint density at radius 1 is 1.00 bits per heavy atom. The molecule has 4 aromatic rings. The highest BCUT2D eigenvalue weighted by Gasteiger charge is 2.28. The van der Waals surface area contributed by atoms with Crippen LogP contribution in [0.2, 0.25) is 0 Å². The van der Waals surface area contributed by atoms with Gasteiger partial charge in [-0.2, -0.15) is 0 Å². The minimum absolute atomic E-state index is 0.0620. The van der Waals surface area contributed by atoms with Crippen LogP contribution in [0.15, 0.2) is 72.1 Å². The Morgan fingerprint density at radius 3 is 2.43 bits per heavy atom. The van der Waals surface area contributed by atoms with E-state index in [4.69, 9.17) is 4.74 Å². The smallest absolute Gasteiger partial charge is 0.407 e. The van der Waals surface area contributed by atoms with E-state index < -0.39 is 6.09 Å². The molecular weight excluding hydrogens is 394 g/mol. The van der Waals surface area contributed by atoms with Gasteiger partial charge in [-0.05, 0) is 63.2 Å². The van der Waals surface area contributed by atoms with Crippen molar-refractivity contribution in [1.29, 1.82) is 0 Å². The van der Waals surface area contributed by atoms with Crippen LogP contribution in [0.4, 0.5) is 4.79 Å². The van der Waals surface area contributed by atoms with Crippen LogP contribution < -0.4 is 5.32 Å². The zero-order chi connectivity index (χ0) is 20.5. The van der Waals surface area contributed by atoms with Crippen molar-refractivity contribution in [2.75, 3.05) is 13.2 Å². The van der Waals surface area contributed by atoms with Crippen LogP contribution in [-0.2, 0) is 11.2 Å². The number of phenolic OH excluding ortho intramolecular Hbond substituents is 1. The van der Waals surface area contributed by atoms with E-state index in [1.807, 2.05) is 30.3 Å². The molecule has 5 rings (SSSR count). The number of benzene rings is 3. The van der Waals surface area contributed by atoms with E-state index in [2.05, 4.69) is 35.0 Å². The molecule has 2 N–H and O–H groups in total. The summed E-state index contributed by atoms with van der Waals surface area (Å²) in [6, 6.07) is 22.0. The highest BCUT2D eigenvalue weighted by molar-refractivity contribution is 7.17. The molecular formula is C25H21NO3S. The van der Waals surface area contributed by atoms with Gasteiger partial charge in [-0.25, -0.2) is 4.79 Å². The first kappa shape index (κ1) is 18.7. The molecule has 3 aromatic carbocycles. The molecule has 1 heterocycles. The Bertz CT molecular complexity index is 1180. The van der Waals surface area contributed by atoms with Gasteiger partial charge in [-0.1, -0.05) is 48.5 Å². The monoisotopic (exact) mass is 415 g/mol. The van der Waals surface area contributed by atoms with E-state index in [1.54, 1.807) is 23.5 Å². The topological polar surface area (TPSA) is 58.6 Å². The summed E-state index contributed by atoms with van der Waals surface area (Å²) in [6.45, 7) is 0.799. The van der Waals surface area contributed by atoms with E-state index in [0.29, 0.717) is 19.6 Å². The molecule has 5 heteroatoms. The number of amides is 1. The summed E-state index contributed by atoms with van der Waals surface area (Å²) in [5.41, 5.74) is 5.96. The lowest BCUT2D eigenvalue weighted by Crippen LogP contribution is -2.27. The lowest BCUT2D eigenvalue weighted by atomic mass is 9.98. The molecule has 30 heavy (non-hydrogen) atoms. The first-order valence-electron chi connectivity index (χ1n) is 9.98. The fourth-order valence-electron chi connectivity index (χ4n) is 4.21. The zero-order valence-electron chi connectivity index (χ0n) is 16.3. The van der Waals surface area contributed by atoms with Crippen molar-refractivity contribution in [1.82, 2.24) is 5.32 Å². The normalized spacial score (nSPS) is 12.5. The minimum Gasteiger partial charge on any atom is -0.508 e. The van der Waals surface area contributed by atoms with Gasteiger partial charge in [0.2, 0.25) is 0 Å². The Balaban J connectivity index is 1.20. The maximum absolute atomic E-state index is 12.3. The summed E-state index contributed by atoms with van der Waals surface area (Å²) in [5, 5.41) is 15.7. The summed E-state index contributed by atoms with van der Waals surface area (Å²) >= 11 is 1.64. The Kier molecular flexibility index (Phi) is 4.89. The molecule has 0 bridgehead atoms. The van der Waals surface area contributed by atoms with Gasteiger partial charge in [0.25, 0.3) is 0 Å². The quantitative estimate of drug-likeness (QED) is 0.440. The van der Waals surface area contributed by atoms with Crippen LogP contribution in [-0.4, -0.2) is 24.4 Å². The molecule has 1 aliphatic carbocycles. The van der Waals surface area contributed by atoms with E-state index in [-0.39, 0.29) is 11.7 Å². The van der Waals surface area contributed by atoms with Gasteiger partial charge in [0.15, 0.2) is 0 Å². The number of phenols is 1. The summed E-state index contributed by atoms with van der Waals surface area (Å²) < 4.78 is 6.71. The summed E-state index contributed by atoms with van der Waals surface area (Å²) in [7, 11) is 0. The highest BCUT2D eigenvalue weighted by Crippen LogP contribution is 2.44. The second-order valence-electron chi connectivity index (χ2n) is 7.44. The first-order valence-corrected chi connectivity index (χ1v) is 10.9. The number of ether oxygens (including phenoxy) is 1. The molecule has 150 valence electrons. The Morgan fingerprint density at radius 2 is 1.70 bits per heavy atom. The molecule has 0 saturated heterocycles. The number of aromatic hydroxyl groups is 1. The summed E-state index contributed by atoms with van der Waals surface area (Å²) in [5.74, 6) is 0.318. The van der Waals surface area contributed by atoms with Crippen LogP contribution >= 0.6 is 11.3 Å². The van der Waals surface area contributed by atoms with Gasteiger partial charge in [-0.15, -0.1) is 11.3 Å². The van der Waals surface area contributed by atoms with Gasteiger partial charge in [0.1, 0.15) is 12.4 Å². The molecule has 0 atom stereocenters. The predicted octanol–water partition coefficient (Wildman–Crippen LogP) is 5.69. The largest absolute Gasteiger partial charge is 0.508 e. The van der Waals surface area contributed by atoms with E-state index in [9.17, 15) is 9.90 Å². The number of alkyl carbamates (subject to hydrolysis) is 1. The maximum Gasteiger partial charge on any atom is 0.407 e. The lowest BCUT2D eigenvalue weighted by molar-refractivity contribution is 0.143. The molecule has 1 amide bonds. The van der Waals surface area contributed by atoms with E-state index >= 15 is 0 Å². The van der Waals surface area contributed by atoms with Crippen molar-refractivity contribution in [3.63, 3.8) is 0 Å². The Labute approximate surface area is 178 Å². The van der Waals surface area contributed by atoms with E-state index in [0.717, 1.165) is 15.6 Å². The fourth-order valence-corrected chi connectivity index (χ4v) is 5.19. The number of carbonyl (C=O) groups excluding carboxylic acids is 1. The first-order chi connectivity index (χ1) is 14.7. The van der Waals surface area contributed by atoms with Crippen LogP contribution in [0.1, 0.15) is 22.6 Å². The average Bonchev–Trinajstić information content (AvgIpc) is 3.31. The van der Waals surface area contributed by atoms with E-state index in [1.165, 1.54) is 22.3 Å². The van der Waals surface area contributed by atoms with Gasteiger partial charge >= 0.3 is 6.09 Å². The van der Waals surface area contributed by atoms with Gasteiger partial charge < -0.3 is 15.2 Å². The molecule has 1 aliphatic rings. The molecule has 1 aromatic heterocycles. The van der Waals surface area contributed by atoms with Crippen molar-refractivity contribution in [2.45, 2.75) is 12.3 Å². The van der Waals surface area contributed by atoms with Gasteiger partial charge in [0, 0.05) is 17.2 Å². The molecule has 0 saturated carbocycles. The zero-order valence-corrected chi connectivity index (χ0v) is 17.1. The van der Waals surface area contributed by atoms with Crippen LogP contribution in [0.25, 0.3) is 21.2 Å². The SMILES string of the molecule is O=C(NCCc1csc2ccc(O)cc12)OCC1c2ccccc2-c2ccccc21. The van der Waals surface area contributed by atoms with Gasteiger partial charge in [0.05, 0.1) is 0 Å². The number of hydrogen-bond donors (Lipinski definition) is 2. The van der Waals surface area contributed by atoms with Crippen LogP contribution in [0.5, 0.6) is 5.75 Å². The molecule has 0 fully saturated rings. The standard InChI is InChI=1S/C25H21NO3S/c27-17-9-10-24-22(13-17)16(15-30-24)11-12-26-25(28)29-14-23-20-7-3-1-5-18(20)19-6-2-4-8-21(19)23/h1-10,13,15,23,27H,11-12,14H2,(H,26,28). The van der Waals surface area contributed by atoms with Crippen LogP contribution in [0.3, 0.4) is 0 Å². The summed E-state index contributed by atoms with van der Waals surface area (Å²) in [4.78, 5) is 12.3. The predicted molar refractivity (Wildman–Crippen MR) is 120 cm³/mol. The maximum atomic E-state index is 12.3. The molecule has 4 nitrogen and oxygen atoms in total. The Hall–Kier alpha value is -3.31. The van der Waals surface area contributed by atoms with Crippen molar-refractivity contribution >= 4 is 27.5 Å². The van der Waals surface area contributed by atoms with Crippen LogP contribution in [0, 0.1) is 0 Å².